The molecule has 0 spiro atoms. The standard InChI is InChI=1S/C16H26O/c1-4-5-6-7-8-13-16(3,17)15-11-9-14(2)10-12-15/h9-12,17H,4-8,13H2,1-3H3. The molecule has 0 aliphatic heterocycles. The van der Waals surface area contributed by atoms with Crippen LogP contribution in [0.2, 0.25) is 0 Å². The molecule has 0 aliphatic rings. The fourth-order valence-corrected chi connectivity index (χ4v) is 2.13. The van der Waals surface area contributed by atoms with Gasteiger partial charge in [-0.25, -0.2) is 0 Å². The largest absolute Gasteiger partial charge is 0.385 e. The van der Waals surface area contributed by atoms with Gasteiger partial charge in [-0.2, -0.15) is 0 Å². The lowest BCUT2D eigenvalue weighted by atomic mass is 9.89. The minimum absolute atomic E-state index is 0.667. The van der Waals surface area contributed by atoms with E-state index in [-0.39, 0.29) is 0 Å². The molecule has 1 heteroatoms. The summed E-state index contributed by atoms with van der Waals surface area (Å²) < 4.78 is 0. The minimum Gasteiger partial charge on any atom is -0.385 e. The van der Waals surface area contributed by atoms with Crippen LogP contribution >= 0.6 is 0 Å². The molecule has 0 amide bonds. The number of aliphatic hydroxyl groups is 1. The van der Waals surface area contributed by atoms with Crippen LogP contribution in [0.25, 0.3) is 0 Å². The highest BCUT2D eigenvalue weighted by Crippen LogP contribution is 2.27. The maximum Gasteiger partial charge on any atom is 0.0868 e. The van der Waals surface area contributed by atoms with Gasteiger partial charge in [-0.1, -0.05) is 68.9 Å². The Morgan fingerprint density at radius 2 is 1.59 bits per heavy atom. The van der Waals surface area contributed by atoms with E-state index in [2.05, 4.69) is 26.0 Å². The lowest BCUT2D eigenvalue weighted by Crippen LogP contribution is -2.20. The molecule has 0 bridgehead atoms. The van der Waals surface area contributed by atoms with Crippen molar-refractivity contribution in [2.24, 2.45) is 0 Å². The molecule has 1 aromatic carbocycles. The molecule has 1 atom stereocenters. The van der Waals surface area contributed by atoms with E-state index in [4.69, 9.17) is 0 Å². The summed E-state index contributed by atoms with van der Waals surface area (Å²) in [6, 6.07) is 8.23. The summed E-state index contributed by atoms with van der Waals surface area (Å²) in [5, 5.41) is 10.4. The van der Waals surface area contributed by atoms with E-state index in [0.717, 1.165) is 18.4 Å². The van der Waals surface area contributed by atoms with Crippen molar-refractivity contribution in [2.45, 2.75) is 64.9 Å². The molecule has 0 aliphatic carbocycles. The van der Waals surface area contributed by atoms with Gasteiger partial charge in [0, 0.05) is 0 Å². The summed E-state index contributed by atoms with van der Waals surface area (Å²) in [5.41, 5.74) is 1.62. The van der Waals surface area contributed by atoms with Gasteiger partial charge in [-0.15, -0.1) is 0 Å². The van der Waals surface area contributed by atoms with Crippen LogP contribution in [0.3, 0.4) is 0 Å². The van der Waals surface area contributed by atoms with Crippen LogP contribution in [0.4, 0.5) is 0 Å². The molecular formula is C16H26O. The van der Waals surface area contributed by atoms with Gasteiger partial charge >= 0.3 is 0 Å². The predicted octanol–water partition coefficient (Wildman–Crippen LogP) is 4.56. The van der Waals surface area contributed by atoms with Gasteiger partial charge in [0.1, 0.15) is 0 Å². The average molecular weight is 234 g/mol. The first-order valence-electron chi connectivity index (χ1n) is 6.86. The Labute approximate surface area is 106 Å². The Bertz CT molecular complexity index is 311. The number of benzene rings is 1. The maximum absolute atomic E-state index is 10.4. The number of aryl methyl sites for hydroxylation is 1. The van der Waals surface area contributed by atoms with Gasteiger partial charge in [-0.05, 0) is 25.8 Å². The second kappa shape index (κ2) is 6.80. The maximum atomic E-state index is 10.4. The van der Waals surface area contributed by atoms with Crippen LogP contribution in [0.5, 0.6) is 0 Å². The van der Waals surface area contributed by atoms with E-state index in [1.807, 2.05) is 19.1 Å². The molecule has 1 aromatic rings. The second-order valence-corrected chi connectivity index (χ2v) is 5.30. The lowest BCUT2D eigenvalue weighted by Gasteiger charge is -2.24. The molecular weight excluding hydrogens is 208 g/mol. The fraction of sp³-hybridized carbons (Fsp3) is 0.625. The van der Waals surface area contributed by atoms with Gasteiger partial charge < -0.3 is 5.11 Å². The predicted molar refractivity (Wildman–Crippen MR) is 74.1 cm³/mol. The topological polar surface area (TPSA) is 20.2 Å². The van der Waals surface area contributed by atoms with E-state index in [9.17, 15) is 5.11 Å². The molecule has 96 valence electrons. The molecule has 0 heterocycles. The van der Waals surface area contributed by atoms with Gasteiger partial charge in [-0.3, -0.25) is 0 Å². The molecule has 0 radical (unpaired) electrons. The number of hydrogen-bond donors (Lipinski definition) is 1. The molecule has 0 aromatic heterocycles. The molecule has 0 fully saturated rings. The van der Waals surface area contributed by atoms with Crippen molar-refractivity contribution in [3.8, 4) is 0 Å². The average Bonchev–Trinajstić information content (AvgIpc) is 2.29. The van der Waals surface area contributed by atoms with Crippen molar-refractivity contribution in [3.63, 3.8) is 0 Å². The van der Waals surface area contributed by atoms with Gasteiger partial charge in [0.15, 0.2) is 0 Å². The highest BCUT2D eigenvalue weighted by Gasteiger charge is 2.21. The zero-order valence-electron chi connectivity index (χ0n) is 11.5. The highest BCUT2D eigenvalue weighted by atomic mass is 16.3. The summed E-state index contributed by atoms with van der Waals surface area (Å²) in [6.07, 6.45) is 7.08. The van der Waals surface area contributed by atoms with Crippen molar-refractivity contribution < 1.29 is 5.11 Å². The zero-order valence-corrected chi connectivity index (χ0v) is 11.5. The quantitative estimate of drug-likeness (QED) is 0.685. The summed E-state index contributed by atoms with van der Waals surface area (Å²) in [5.74, 6) is 0. The van der Waals surface area contributed by atoms with Crippen molar-refractivity contribution in [3.05, 3.63) is 35.4 Å². The molecule has 1 unspecified atom stereocenters. The molecule has 0 saturated heterocycles. The molecule has 17 heavy (non-hydrogen) atoms. The van der Waals surface area contributed by atoms with E-state index in [1.165, 1.54) is 31.2 Å². The first-order chi connectivity index (χ1) is 8.06. The summed E-state index contributed by atoms with van der Waals surface area (Å²) in [7, 11) is 0. The smallest absolute Gasteiger partial charge is 0.0868 e. The third kappa shape index (κ3) is 4.91. The zero-order chi connectivity index (χ0) is 12.7. The van der Waals surface area contributed by atoms with Crippen molar-refractivity contribution >= 4 is 0 Å². The highest BCUT2D eigenvalue weighted by molar-refractivity contribution is 5.25. The molecule has 0 saturated carbocycles. The molecule has 1 rings (SSSR count). The van der Waals surface area contributed by atoms with Crippen LogP contribution < -0.4 is 0 Å². The van der Waals surface area contributed by atoms with Crippen molar-refractivity contribution in [2.75, 3.05) is 0 Å². The van der Waals surface area contributed by atoms with Crippen LogP contribution in [-0.2, 0) is 5.60 Å². The van der Waals surface area contributed by atoms with Gasteiger partial charge in [0.05, 0.1) is 5.60 Å². The summed E-state index contributed by atoms with van der Waals surface area (Å²) >= 11 is 0. The Kier molecular flexibility index (Phi) is 5.70. The Balaban J connectivity index is 2.42. The summed E-state index contributed by atoms with van der Waals surface area (Å²) in [4.78, 5) is 0. The minimum atomic E-state index is -0.667. The number of rotatable bonds is 7. The number of unbranched alkanes of at least 4 members (excludes halogenated alkanes) is 4. The fourth-order valence-electron chi connectivity index (χ4n) is 2.13. The van der Waals surface area contributed by atoms with E-state index in [1.54, 1.807) is 0 Å². The lowest BCUT2D eigenvalue weighted by molar-refractivity contribution is 0.0448. The third-order valence-corrected chi connectivity index (χ3v) is 3.44. The van der Waals surface area contributed by atoms with E-state index in [0.29, 0.717) is 0 Å². The first kappa shape index (κ1) is 14.2. The van der Waals surface area contributed by atoms with Crippen molar-refractivity contribution in [1.29, 1.82) is 0 Å². The molecule has 1 nitrogen and oxygen atoms in total. The van der Waals surface area contributed by atoms with Gasteiger partial charge in [0.2, 0.25) is 0 Å². The number of hydrogen-bond acceptors (Lipinski definition) is 1. The van der Waals surface area contributed by atoms with E-state index >= 15 is 0 Å². The van der Waals surface area contributed by atoms with Crippen molar-refractivity contribution in [1.82, 2.24) is 0 Å². The Morgan fingerprint density at radius 1 is 1.00 bits per heavy atom. The monoisotopic (exact) mass is 234 g/mol. The van der Waals surface area contributed by atoms with Crippen LogP contribution in [0.15, 0.2) is 24.3 Å². The van der Waals surface area contributed by atoms with Crippen LogP contribution in [0.1, 0.15) is 63.5 Å². The first-order valence-corrected chi connectivity index (χ1v) is 6.86. The van der Waals surface area contributed by atoms with E-state index < -0.39 is 5.60 Å². The van der Waals surface area contributed by atoms with Crippen LogP contribution in [0, 0.1) is 6.92 Å². The summed E-state index contributed by atoms with van der Waals surface area (Å²) in [6.45, 7) is 6.23. The van der Waals surface area contributed by atoms with Crippen LogP contribution in [-0.4, -0.2) is 5.11 Å². The molecule has 1 N–H and O–H groups in total. The Hall–Kier alpha value is -0.820. The normalized spacial score (nSPS) is 14.6. The third-order valence-electron chi connectivity index (χ3n) is 3.44. The van der Waals surface area contributed by atoms with Gasteiger partial charge in [0.25, 0.3) is 0 Å². The Morgan fingerprint density at radius 3 is 2.18 bits per heavy atom. The SMILES string of the molecule is CCCCCCCC(C)(O)c1ccc(C)cc1. The second-order valence-electron chi connectivity index (χ2n) is 5.30.